The normalized spacial score (nSPS) is 18.0. The van der Waals surface area contributed by atoms with Crippen molar-refractivity contribution in [2.45, 2.75) is 38.0 Å². The Balaban J connectivity index is 1.12. The summed E-state index contributed by atoms with van der Waals surface area (Å²) >= 11 is 0. The summed E-state index contributed by atoms with van der Waals surface area (Å²) in [5.74, 6) is 0.706. The summed E-state index contributed by atoms with van der Waals surface area (Å²) in [4.78, 5) is 41.2. The third-order valence-corrected chi connectivity index (χ3v) is 8.03. The molecule has 2 N–H and O–H groups in total. The van der Waals surface area contributed by atoms with Gasteiger partial charge in [-0.15, -0.1) is 0 Å². The van der Waals surface area contributed by atoms with E-state index in [0.29, 0.717) is 44.1 Å². The zero-order valence-electron chi connectivity index (χ0n) is 23.3. The molecule has 4 aromatic rings. The van der Waals surface area contributed by atoms with Gasteiger partial charge in [0.25, 0.3) is 5.56 Å². The van der Waals surface area contributed by atoms with E-state index in [4.69, 9.17) is 4.74 Å². The Morgan fingerprint density at radius 3 is 2.26 bits per heavy atom. The molecule has 3 heterocycles. The summed E-state index contributed by atoms with van der Waals surface area (Å²) in [5, 5.41) is 5.98. The first-order valence-electron chi connectivity index (χ1n) is 14.4. The number of likely N-dealkylation sites (tertiary alicyclic amines) is 1. The van der Waals surface area contributed by atoms with E-state index in [1.165, 1.54) is 0 Å². The van der Waals surface area contributed by atoms with Gasteiger partial charge in [-0.3, -0.25) is 9.59 Å². The minimum atomic E-state index is -0.773. The number of urea groups is 1. The van der Waals surface area contributed by atoms with Crippen LogP contribution in [0.15, 0.2) is 108 Å². The number of fused-ring (bicyclic) bond motifs is 4. The molecule has 0 radical (unpaired) electrons. The second kappa shape index (κ2) is 12.3. The number of benzene rings is 3. The van der Waals surface area contributed by atoms with Gasteiger partial charge >= 0.3 is 6.03 Å². The van der Waals surface area contributed by atoms with Crippen LogP contribution in [-0.4, -0.2) is 40.5 Å². The number of carbonyl (C=O) groups excluding carboxylic acids is 2. The molecule has 8 nitrogen and oxygen atoms in total. The number of ether oxygens (including phenoxy) is 1. The zero-order chi connectivity index (χ0) is 28.9. The predicted molar refractivity (Wildman–Crippen MR) is 161 cm³/mol. The minimum absolute atomic E-state index is 0.00971. The molecular weight excluding hydrogens is 528 g/mol. The fourth-order valence-corrected chi connectivity index (χ4v) is 5.97. The molecule has 42 heavy (non-hydrogen) atoms. The smallest absolute Gasteiger partial charge is 0.318 e. The van der Waals surface area contributed by atoms with Gasteiger partial charge in [0.2, 0.25) is 5.91 Å². The van der Waals surface area contributed by atoms with E-state index in [-0.39, 0.29) is 29.3 Å². The summed E-state index contributed by atoms with van der Waals surface area (Å²) in [6.07, 6.45) is 1.31. The van der Waals surface area contributed by atoms with E-state index in [1.54, 1.807) is 29.2 Å². The van der Waals surface area contributed by atoms with Crippen LogP contribution in [0.2, 0.25) is 0 Å². The Kier molecular flexibility index (Phi) is 8.03. The molecule has 3 amide bonds. The van der Waals surface area contributed by atoms with Gasteiger partial charge in [0, 0.05) is 49.4 Å². The van der Waals surface area contributed by atoms with Gasteiger partial charge in [-0.2, -0.15) is 0 Å². The predicted octanol–water partition coefficient (Wildman–Crippen LogP) is 4.81. The third kappa shape index (κ3) is 6.38. The molecule has 3 aromatic carbocycles. The standard InChI is InChI=1S/C34H34N4O4/c39-32-13-7-12-31-27-18-26(21-38(31)32)20-37(22-27)34(41)36-30(19-24-8-3-1-4-9-24)33(40)35-28-14-16-29(17-15-28)42-23-25-10-5-2-6-11-25/h1-17,26-27,30H,18-23H2,(H,35,40)(H,36,41)/t26-,27-,30-/m0/s1. The lowest BCUT2D eigenvalue weighted by atomic mass is 9.83. The highest BCUT2D eigenvalue weighted by atomic mass is 16.5. The fraction of sp³-hybridized carbons (Fsp3) is 0.265. The minimum Gasteiger partial charge on any atom is -0.489 e. The number of anilines is 1. The summed E-state index contributed by atoms with van der Waals surface area (Å²) in [6.45, 7) is 2.12. The molecule has 8 heteroatoms. The first-order chi connectivity index (χ1) is 20.5. The Bertz CT molecular complexity index is 1590. The quantitative estimate of drug-likeness (QED) is 0.323. The van der Waals surface area contributed by atoms with Crippen molar-refractivity contribution in [1.29, 1.82) is 0 Å². The second-order valence-electron chi connectivity index (χ2n) is 11.1. The summed E-state index contributed by atoms with van der Waals surface area (Å²) in [5.41, 5.74) is 3.63. The summed E-state index contributed by atoms with van der Waals surface area (Å²) in [6, 6.07) is 31.1. The highest BCUT2D eigenvalue weighted by molar-refractivity contribution is 5.97. The molecule has 1 aromatic heterocycles. The number of nitrogens with zero attached hydrogens (tertiary/aromatic N) is 2. The first kappa shape index (κ1) is 27.3. The topological polar surface area (TPSA) is 92.7 Å². The molecule has 0 spiro atoms. The van der Waals surface area contributed by atoms with Gasteiger partial charge in [-0.1, -0.05) is 66.7 Å². The highest BCUT2D eigenvalue weighted by Gasteiger charge is 2.37. The molecule has 214 valence electrons. The van der Waals surface area contributed by atoms with Crippen LogP contribution in [0.3, 0.4) is 0 Å². The van der Waals surface area contributed by atoms with Crippen molar-refractivity contribution in [2.24, 2.45) is 5.92 Å². The van der Waals surface area contributed by atoms with Gasteiger partial charge in [0.1, 0.15) is 18.4 Å². The van der Waals surface area contributed by atoms with Crippen LogP contribution in [0.5, 0.6) is 5.75 Å². The van der Waals surface area contributed by atoms with Gasteiger partial charge in [-0.25, -0.2) is 4.79 Å². The van der Waals surface area contributed by atoms with E-state index in [0.717, 1.165) is 23.2 Å². The maximum absolute atomic E-state index is 13.5. The van der Waals surface area contributed by atoms with E-state index in [2.05, 4.69) is 10.6 Å². The third-order valence-electron chi connectivity index (χ3n) is 8.03. The van der Waals surface area contributed by atoms with Crippen molar-refractivity contribution in [3.8, 4) is 5.75 Å². The van der Waals surface area contributed by atoms with E-state index in [1.807, 2.05) is 83.4 Å². The number of hydrogen-bond donors (Lipinski definition) is 2. The molecule has 2 aliphatic heterocycles. The molecule has 2 aliphatic rings. The molecular formula is C34H34N4O4. The summed E-state index contributed by atoms with van der Waals surface area (Å²) < 4.78 is 7.71. The largest absolute Gasteiger partial charge is 0.489 e. The molecule has 0 saturated carbocycles. The molecule has 0 aliphatic carbocycles. The first-order valence-corrected chi connectivity index (χ1v) is 14.4. The lowest BCUT2D eigenvalue weighted by Crippen LogP contribution is -2.55. The van der Waals surface area contributed by atoms with Gasteiger partial charge in [-0.05, 0) is 53.8 Å². The molecule has 1 saturated heterocycles. The average Bonchev–Trinajstić information content (AvgIpc) is 3.02. The number of hydrogen-bond acceptors (Lipinski definition) is 4. The van der Waals surface area contributed by atoms with Crippen LogP contribution in [0.4, 0.5) is 10.5 Å². The lowest BCUT2D eigenvalue weighted by molar-refractivity contribution is -0.118. The average molecular weight is 563 g/mol. The van der Waals surface area contributed by atoms with Crippen molar-refractivity contribution < 1.29 is 14.3 Å². The van der Waals surface area contributed by atoms with Crippen LogP contribution in [-0.2, 0) is 24.4 Å². The van der Waals surface area contributed by atoms with E-state index in [9.17, 15) is 14.4 Å². The van der Waals surface area contributed by atoms with Gasteiger partial charge < -0.3 is 24.8 Å². The zero-order valence-corrected chi connectivity index (χ0v) is 23.3. The number of carbonyl (C=O) groups is 2. The van der Waals surface area contributed by atoms with E-state index >= 15 is 0 Å². The van der Waals surface area contributed by atoms with Crippen LogP contribution in [0.25, 0.3) is 0 Å². The van der Waals surface area contributed by atoms with Crippen molar-refractivity contribution >= 4 is 17.6 Å². The molecule has 2 bridgehead atoms. The Morgan fingerprint density at radius 2 is 1.52 bits per heavy atom. The number of pyridine rings is 1. The molecule has 1 fully saturated rings. The molecule has 0 unspecified atom stereocenters. The molecule has 3 atom stereocenters. The van der Waals surface area contributed by atoms with E-state index < -0.39 is 6.04 Å². The second-order valence-corrected chi connectivity index (χ2v) is 11.1. The fourth-order valence-electron chi connectivity index (χ4n) is 5.97. The van der Waals surface area contributed by atoms with Gasteiger partial charge in [0.05, 0.1) is 0 Å². The Hall–Kier alpha value is -4.85. The SMILES string of the molecule is O=C(Nc1ccc(OCc2ccccc2)cc1)[C@H](Cc1ccccc1)NC(=O)N1C[C@@H]2C[C@@H](C1)c1cccc(=O)n1C2. The molecule has 6 rings (SSSR count). The van der Waals surface area contributed by atoms with Crippen molar-refractivity contribution in [2.75, 3.05) is 18.4 Å². The number of amides is 3. The van der Waals surface area contributed by atoms with Crippen molar-refractivity contribution in [3.05, 3.63) is 130 Å². The van der Waals surface area contributed by atoms with Crippen molar-refractivity contribution in [3.63, 3.8) is 0 Å². The number of aromatic nitrogens is 1. The Labute approximate surface area is 244 Å². The highest BCUT2D eigenvalue weighted by Crippen LogP contribution is 2.35. The monoisotopic (exact) mass is 562 g/mol. The van der Waals surface area contributed by atoms with Crippen LogP contribution >= 0.6 is 0 Å². The number of rotatable bonds is 8. The van der Waals surface area contributed by atoms with Gasteiger partial charge in [0.15, 0.2) is 0 Å². The summed E-state index contributed by atoms with van der Waals surface area (Å²) in [7, 11) is 0. The van der Waals surface area contributed by atoms with Crippen LogP contribution in [0.1, 0.15) is 29.2 Å². The van der Waals surface area contributed by atoms with Crippen LogP contribution < -0.4 is 20.9 Å². The van der Waals surface area contributed by atoms with Crippen molar-refractivity contribution in [1.82, 2.24) is 14.8 Å². The Morgan fingerprint density at radius 1 is 0.810 bits per heavy atom. The maximum atomic E-state index is 13.5. The number of nitrogens with one attached hydrogen (secondary N) is 2. The maximum Gasteiger partial charge on any atom is 0.318 e. The lowest BCUT2D eigenvalue weighted by Gasteiger charge is -2.43. The van der Waals surface area contributed by atoms with Crippen LogP contribution in [0, 0.1) is 5.92 Å². The number of piperidine rings is 1.